The van der Waals surface area contributed by atoms with Crippen molar-refractivity contribution < 1.29 is 7.65 Å². The highest BCUT2D eigenvalue weighted by atomic mass is 16.1. The summed E-state index contributed by atoms with van der Waals surface area (Å²) in [6.07, 6.45) is 7.55. The Hall–Kier alpha value is -2.33. The average Bonchev–Trinajstić information content (AvgIpc) is 2.56. The Bertz CT molecular complexity index is 608. The molecule has 1 aliphatic heterocycles. The first-order valence-corrected chi connectivity index (χ1v) is 7.95. The maximum Gasteiger partial charge on any atom is 0.251 e. The third kappa shape index (κ3) is 5.11. The summed E-state index contributed by atoms with van der Waals surface area (Å²) in [5.74, 6) is -0.0471. The normalized spacial score (nSPS) is 16.8. The molecule has 1 aliphatic rings. The number of amides is 1. The van der Waals surface area contributed by atoms with Crippen molar-refractivity contribution in [2.75, 3.05) is 25.4 Å². The Kier molecular flexibility index (Phi) is 6.18. The van der Waals surface area contributed by atoms with Gasteiger partial charge in [-0.05, 0) is 36.6 Å². The molecule has 0 spiro atoms. The van der Waals surface area contributed by atoms with E-state index in [1.807, 2.05) is 12.2 Å². The van der Waals surface area contributed by atoms with Crippen LogP contribution in [-0.4, -0.2) is 36.5 Å². The van der Waals surface area contributed by atoms with Gasteiger partial charge in [-0.2, -0.15) is 0 Å². The van der Waals surface area contributed by atoms with Crippen molar-refractivity contribution in [3.05, 3.63) is 66.8 Å². The van der Waals surface area contributed by atoms with Crippen LogP contribution in [0.5, 0.6) is 0 Å². The van der Waals surface area contributed by atoms with Gasteiger partial charge in [-0.25, -0.2) is 0 Å². The molecule has 0 atom stereocenters. The third-order valence-electron chi connectivity index (χ3n) is 4.07. The van der Waals surface area contributed by atoms with E-state index in [0.29, 0.717) is 11.3 Å². The zero-order valence-corrected chi connectivity index (χ0v) is 13.5. The number of piperidine rings is 1. The summed E-state index contributed by atoms with van der Waals surface area (Å²) in [6, 6.07) is 7.30. The molecule has 4 heteroatoms. The second-order valence-electron chi connectivity index (χ2n) is 5.83. The lowest BCUT2D eigenvalue weighted by atomic mass is 10.0. The Morgan fingerprint density at radius 2 is 2.13 bits per heavy atom. The molecule has 1 saturated heterocycles. The highest BCUT2D eigenvalue weighted by molar-refractivity contribution is 5.95. The van der Waals surface area contributed by atoms with Gasteiger partial charge in [0.25, 0.3) is 5.91 Å². The van der Waals surface area contributed by atoms with Gasteiger partial charge in [-0.15, -0.1) is 0 Å². The highest BCUT2D eigenvalue weighted by Gasteiger charge is 2.21. The SMILES string of the molecule is C=C/C=C(\C=C)CN1CCC(NC(=O)c2cccc(N)c2)CC1.[HH].[HH]. The number of allylic oxidation sites excluding steroid dienone is 2. The number of carbonyl (C=O) groups excluding carboxylic acids is 1. The van der Waals surface area contributed by atoms with E-state index in [1.54, 1.807) is 30.3 Å². The van der Waals surface area contributed by atoms with Crippen LogP contribution < -0.4 is 11.1 Å². The predicted molar refractivity (Wildman–Crippen MR) is 100 cm³/mol. The van der Waals surface area contributed by atoms with Crippen LogP contribution in [-0.2, 0) is 0 Å². The number of nitrogen functional groups attached to an aromatic ring is 1. The molecule has 1 aromatic carbocycles. The molecule has 126 valence electrons. The van der Waals surface area contributed by atoms with Crippen LogP contribution in [0.25, 0.3) is 0 Å². The van der Waals surface area contributed by atoms with E-state index in [2.05, 4.69) is 23.4 Å². The summed E-state index contributed by atoms with van der Waals surface area (Å²) in [4.78, 5) is 14.6. The number of nitrogens with one attached hydrogen (secondary N) is 1. The summed E-state index contributed by atoms with van der Waals surface area (Å²) in [5.41, 5.74) is 8.12. The van der Waals surface area contributed by atoms with Gasteiger partial charge in [0.05, 0.1) is 0 Å². The summed E-state index contributed by atoms with van der Waals surface area (Å²) >= 11 is 0. The molecule has 1 aromatic rings. The molecule has 3 N–H and O–H groups in total. The fourth-order valence-electron chi connectivity index (χ4n) is 2.78. The number of nitrogens with two attached hydrogens (primary N) is 1. The minimum Gasteiger partial charge on any atom is -0.399 e. The van der Waals surface area contributed by atoms with Crippen LogP contribution in [0.3, 0.4) is 0 Å². The van der Waals surface area contributed by atoms with Gasteiger partial charge in [-0.1, -0.05) is 37.5 Å². The molecule has 1 heterocycles. The first kappa shape index (κ1) is 17.0. The van der Waals surface area contributed by atoms with Crippen LogP contribution in [0.15, 0.2) is 61.2 Å². The molecule has 4 nitrogen and oxygen atoms in total. The van der Waals surface area contributed by atoms with E-state index in [-0.39, 0.29) is 14.8 Å². The lowest BCUT2D eigenvalue weighted by Gasteiger charge is -2.32. The molecule has 0 aliphatic carbocycles. The fraction of sp³-hybridized carbons (Fsp3) is 0.316. The Morgan fingerprint density at radius 3 is 2.74 bits per heavy atom. The van der Waals surface area contributed by atoms with Gasteiger partial charge in [0.15, 0.2) is 0 Å². The third-order valence-corrected chi connectivity index (χ3v) is 4.07. The maximum absolute atomic E-state index is 12.2. The standard InChI is InChI=1S/C19H25N3O.2H2/c1-3-6-15(4-2)14-22-11-9-18(10-12-22)21-19(23)16-7-5-8-17(20)13-16;;/h3-8,13,18H,1-2,9-12,14,20H2,(H,21,23);2*1H/b15-6+;;. The number of rotatable bonds is 6. The summed E-state index contributed by atoms with van der Waals surface area (Å²) in [5, 5.41) is 3.10. The van der Waals surface area contributed by atoms with Gasteiger partial charge in [0, 0.05) is 39.8 Å². The van der Waals surface area contributed by atoms with E-state index in [0.717, 1.165) is 32.5 Å². The Balaban J connectivity index is 0.00000288. The maximum atomic E-state index is 12.2. The molecule has 0 aromatic heterocycles. The number of hydrogen-bond donors (Lipinski definition) is 2. The second-order valence-corrected chi connectivity index (χ2v) is 5.83. The Labute approximate surface area is 141 Å². The quantitative estimate of drug-likeness (QED) is 0.626. The van der Waals surface area contributed by atoms with E-state index >= 15 is 0 Å². The zero-order chi connectivity index (χ0) is 16.7. The molecule has 1 amide bonds. The van der Waals surface area contributed by atoms with Crippen LogP contribution in [0, 0.1) is 0 Å². The van der Waals surface area contributed by atoms with Gasteiger partial charge in [0.2, 0.25) is 0 Å². The Morgan fingerprint density at radius 1 is 1.39 bits per heavy atom. The zero-order valence-electron chi connectivity index (χ0n) is 13.5. The van der Waals surface area contributed by atoms with Crippen molar-refractivity contribution in [1.82, 2.24) is 10.2 Å². The molecule has 0 radical (unpaired) electrons. The van der Waals surface area contributed by atoms with Crippen molar-refractivity contribution >= 4 is 11.6 Å². The van der Waals surface area contributed by atoms with Crippen LogP contribution in [0.1, 0.15) is 26.1 Å². The summed E-state index contributed by atoms with van der Waals surface area (Å²) in [7, 11) is 0. The van der Waals surface area contributed by atoms with E-state index in [1.165, 1.54) is 5.57 Å². The fourth-order valence-corrected chi connectivity index (χ4v) is 2.78. The van der Waals surface area contributed by atoms with Crippen LogP contribution >= 0.6 is 0 Å². The molecule has 0 unspecified atom stereocenters. The van der Waals surface area contributed by atoms with Gasteiger partial charge in [0.1, 0.15) is 0 Å². The number of anilines is 1. The number of likely N-dealkylation sites (tertiary alicyclic amines) is 1. The first-order valence-electron chi connectivity index (χ1n) is 7.95. The predicted octanol–water partition coefficient (Wildman–Crippen LogP) is 3.25. The number of hydrogen-bond acceptors (Lipinski definition) is 3. The van der Waals surface area contributed by atoms with Crippen LogP contribution in [0.4, 0.5) is 5.69 Å². The number of carbonyl (C=O) groups is 1. The molecule has 0 saturated carbocycles. The lowest BCUT2D eigenvalue weighted by molar-refractivity contribution is 0.0913. The lowest BCUT2D eigenvalue weighted by Crippen LogP contribution is -2.45. The minimum atomic E-state index is -0.0471. The summed E-state index contributed by atoms with van der Waals surface area (Å²) in [6.45, 7) is 10.4. The molecule has 0 bridgehead atoms. The molecule has 2 rings (SSSR count). The first-order chi connectivity index (χ1) is 11.1. The largest absolute Gasteiger partial charge is 0.399 e. The van der Waals surface area contributed by atoms with Crippen molar-refractivity contribution in [3.63, 3.8) is 0 Å². The number of benzene rings is 1. The molecular formula is C19H29N3O. The number of nitrogens with zero attached hydrogens (tertiary/aromatic N) is 1. The minimum absolute atomic E-state index is 0. The second kappa shape index (κ2) is 8.34. The van der Waals surface area contributed by atoms with Crippen molar-refractivity contribution in [3.8, 4) is 0 Å². The molecular weight excluding hydrogens is 286 g/mol. The average molecular weight is 315 g/mol. The van der Waals surface area contributed by atoms with Gasteiger partial charge in [-0.3, -0.25) is 9.69 Å². The van der Waals surface area contributed by atoms with E-state index < -0.39 is 0 Å². The highest BCUT2D eigenvalue weighted by Crippen LogP contribution is 2.14. The van der Waals surface area contributed by atoms with Crippen LogP contribution in [0.2, 0.25) is 0 Å². The summed E-state index contributed by atoms with van der Waals surface area (Å²) < 4.78 is 0. The molecule has 23 heavy (non-hydrogen) atoms. The van der Waals surface area contributed by atoms with Crippen molar-refractivity contribution in [2.24, 2.45) is 0 Å². The smallest absolute Gasteiger partial charge is 0.251 e. The van der Waals surface area contributed by atoms with Gasteiger partial charge < -0.3 is 11.1 Å². The van der Waals surface area contributed by atoms with E-state index in [4.69, 9.17) is 5.73 Å². The van der Waals surface area contributed by atoms with Gasteiger partial charge >= 0.3 is 0 Å². The van der Waals surface area contributed by atoms with Crippen molar-refractivity contribution in [2.45, 2.75) is 18.9 Å². The topological polar surface area (TPSA) is 58.4 Å². The monoisotopic (exact) mass is 315 g/mol. The van der Waals surface area contributed by atoms with E-state index in [9.17, 15) is 4.79 Å². The molecule has 1 fully saturated rings. The van der Waals surface area contributed by atoms with Crippen molar-refractivity contribution in [1.29, 1.82) is 0 Å².